The van der Waals surface area contributed by atoms with E-state index in [-0.39, 0.29) is 0 Å². The number of ether oxygens (including phenoxy) is 4. The van der Waals surface area contributed by atoms with Gasteiger partial charge in [-0.25, -0.2) is 9.59 Å². The van der Waals surface area contributed by atoms with Gasteiger partial charge in [-0.05, 0) is 37.1 Å². The van der Waals surface area contributed by atoms with E-state index in [9.17, 15) is 9.59 Å². The molecule has 0 bridgehead atoms. The van der Waals surface area contributed by atoms with Gasteiger partial charge >= 0.3 is 11.9 Å². The molecule has 0 heterocycles. The normalized spacial score (nSPS) is 10.7. The Morgan fingerprint density at radius 3 is 1.32 bits per heavy atom. The Labute approximate surface area is 238 Å². The lowest BCUT2D eigenvalue weighted by molar-refractivity contribution is 0.0484. The van der Waals surface area contributed by atoms with Crippen molar-refractivity contribution < 1.29 is 28.5 Å². The maximum absolute atomic E-state index is 13.6. The van der Waals surface area contributed by atoms with Crippen molar-refractivity contribution in [2.24, 2.45) is 0 Å². The number of para-hydroxylation sites is 2. The molecule has 0 atom stereocenters. The van der Waals surface area contributed by atoms with Crippen molar-refractivity contribution in [3.05, 3.63) is 71.8 Å². The Balaban J connectivity index is 2.14. The number of hydrogen-bond donors (Lipinski definition) is 0. The molecule has 0 saturated carbocycles. The predicted molar refractivity (Wildman–Crippen MR) is 159 cm³/mol. The molecule has 3 rings (SSSR count). The van der Waals surface area contributed by atoms with Gasteiger partial charge in [-0.1, -0.05) is 88.8 Å². The van der Waals surface area contributed by atoms with E-state index in [2.05, 4.69) is 13.8 Å². The van der Waals surface area contributed by atoms with Gasteiger partial charge in [0.1, 0.15) is 11.5 Å². The van der Waals surface area contributed by atoms with Crippen LogP contribution in [0.2, 0.25) is 0 Å². The van der Waals surface area contributed by atoms with E-state index in [1.54, 1.807) is 26.4 Å². The van der Waals surface area contributed by atoms with Crippen LogP contribution < -0.4 is 9.47 Å². The third kappa shape index (κ3) is 8.10. The van der Waals surface area contributed by atoms with E-state index >= 15 is 0 Å². The summed E-state index contributed by atoms with van der Waals surface area (Å²) in [4.78, 5) is 27.1. The second-order valence-electron chi connectivity index (χ2n) is 9.74. The first-order valence-corrected chi connectivity index (χ1v) is 14.3. The summed E-state index contributed by atoms with van der Waals surface area (Å²) in [6.45, 7) is 4.94. The molecule has 3 aromatic rings. The zero-order valence-corrected chi connectivity index (χ0v) is 24.3. The van der Waals surface area contributed by atoms with Crippen molar-refractivity contribution in [2.45, 2.75) is 65.2 Å². The van der Waals surface area contributed by atoms with Gasteiger partial charge in [0.2, 0.25) is 0 Å². The zero-order valence-electron chi connectivity index (χ0n) is 24.3. The van der Waals surface area contributed by atoms with Gasteiger partial charge in [-0.15, -0.1) is 0 Å². The second kappa shape index (κ2) is 16.3. The molecule has 6 nitrogen and oxygen atoms in total. The van der Waals surface area contributed by atoms with Crippen molar-refractivity contribution in [3.63, 3.8) is 0 Å². The van der Waals surface area contributed by atoms with Gasteiger partial charge in [0.15, 0.2) is 0 Å². The topological polar surface area (TPSA) is 71.1 Å². The number of carbonyl (C=O) groups is 2. The average Bonchev–Trinajstić information content (AvgIpc) is 2.99. The molecule has 0 fully saturated rings. The first kappa shape index (κ1) is 30.7. The number of methoxy groups -OCH3 is 2. The van der Waals surface area contributed by atoms with E-state index in [4.69, 9.17) is 18.9 Å². The van der Waals surface area contributed by atoms with E-state index in [1.165, 1.54) is 0 Å². The molecule has 0 amide bonds. The maximum Gasteiger partial charge on any atom is 0.338 e. The first-order chi connectivity index (χ1) is 19.5. The minimum atomic E-state index is -0.451. The van der Waals surface area contributed by atoms with Crippen molar-refractivity contribution in [1.82, 2.24) is 0 Å². The van der Waals surface area contributed by atoms with Crippen molar-refractivity contribution >= 4 is 11.9 Å². The number of rotatable bonds is 16. The van der Waals surface area contributed by atoms with E-state index in [0.717, 1.165) is 51.4 Å². The lowest BCUT2D eigenvalue weighted by Crippen LogP contribution is -2.13. The number of carbonyl (C=O) groups excluding carboxylic acids is 2. The molecule has 6 heteroatoms. The Bertz CT molecular complexity index is 1150. The molecule has 0 unspecified atom stereocenters. The summed E-state index contributed by atoms with van der Waals surface area (Å²) < 4.78 is 22.7. The molecule has 3 aromatic carbocycles. The van der Waals surface area contributed by atoms with Crippen LogP contribution in [-0.4, -0.2) is 39.4 Å². The van der Waals surface area contributed by atoms with Crippen molar-refractivity contribution in [2.75, 3.05) is 27.4 Å². The molecule has 0 aliphatic rings. The summed E-state index contributed by atoms with van der Waals surface area (Å²) in [6.07, 6.45) is 7.98. The maximum atomic E-state index is 13.6. The third-order valence-corrected chi connectivity index (χ3v) is 6.85. The van der Waals surface area contributed by atoms with Gasteiger partial charge in [-0.3, -0.25) is 0 Å². The largest absolute Gasteiger partial charge is 0.496 e. The fourth-order valence-electron chi connectivity index (χ4n) is 4.66. The van der Waals surface area contributed by atoms with E-state index in [0.29, 0.717) is 58.1 Å². The van der Waals surface area contributed by atoms with E-state index < -0.39 is 11.9 Å². The van der Waals surface area contributed by atoms with Crippen LogP contribution in [0, 0.1) is 0 Å². The highest BCUT2D eigenvalue weighted by atomic mass is 16.5. The number of unbranched alkanes of at least 4 members (excludes halogenated alkanes) is 6. The highest BCUT2D eigenvalue weighted by Gasteiger charge is 2.25. The molecular formula is C34H42O6. The predicted octanol–water partition coefficient (Wildman–Crippen LogP) is 8.51. The zero-order chi connectivity index (χ0) is 28.7. The molecule has 0 aromatic heterocycles. The first-order valence-electron chi connectivity index (χ1n) is 14.3. The quantitative estimate of drug-likeness (QED) is 0.132. The molecule has 0 aliphatic carbocycles. The van der Waals surface area contributed by atoms with Crippen molar-refractivity contribution in [1.29, 1.82) is 0 Å². The van der Waals surface area contributed by atoms with Gasteiger partial charge in [0.25, 0.3) is 0 Å². The summed E-state index contributed by atoms with van der Waals surface area (Å²) in [5, 5.41) is 0. The van der Waals surface area contributed by atoms with Crippen LogP contribution >= 0.6 is 0 Å². The average molecular weight is 547 g/mol. The van der Waals surface area contributed by atoms with Gasteiger partial charge in [0, 0.05) is 22.3 Å². The highest BCUT2D eigenvalue weighted by molar-refractivity contribution is 6.06. The Kier molecular flexibility index (Phi) is 12.6. The van der Waals surface area contributed by atoms with Crippen LogP contribution in [0.5, 0.6) is 11.5 Å². The van der Waals surface area contributed by atoms with Crippen LogP contribution in [0.3, 0.4) is 0 Å². The Morgan fingerprint density at radius 2 is 0.950 bits per heavy atom. The molecule has 0 aliphatic heterocycles. The van der Waals surface area contributed by atoms with Gasteiger partial charge in [0.05, 0.1) is 38.6 Å². The lowest BCUT2D eigenvalue weighted by atomic mass is 9.90. The van der Waals surface area contributed by atoms with Crippen molar-refractivity contribution in [3.8, 4) is 33.8 Å². The van der Waals surface area contributed by atoms with Crippen LogP contribution in [-0.2, 0) is 9.47 Å². The van der Waals surface area contributed by atoms with Crippen LogP contribution in [0.15, 0.2) is 60.7 Å². The number of hydrogen-bond acceptors (Lipinski definition) is 6. The number of esters is 2. The standard InChI is InChI=1S/C34H42O6/c1-5-7-9-15-21-39-33(35)29-23-28(26-18-12-14-20-32(26)38-4)30(34(36)40-22-16-10-8-6-2)24-27(29)25-17-11-13-19-31(25)37-3/h11-14,17-20,23-24H,5-10,15-16,21-22H2,1-4H3. The molecule has 214 valence electrons. The molecule has 40 heavy (non-hydrogen) atoms. The van der Waals surface area contributed by atoms with Crippen LogP contribution in [0.25, 0.3) is 22.3 Å². The lowest BCUT2D eigenvalue weighted by Gasteiger charge is -2.19. The molecule has 0 N–H and O–H groups in total. The fourth-order valence-corrected chi connectivity index (χ4v) is 4.66. The SMILES string of the molecule is CCCCCCOC(=O)c1cc(-c2ccccc2OC)c(C(=O)OCCCCCC)cc1-c1ccccc1OC. The molecular weight excluding hydrogens is 504 g/mol. The summed E-state index contributed by atoms with van der Waals surface area (Å²) in [5.41, 5.74) is 3.17. The summed E-state index contributed by atoms with van der Waals surface area (Å²) in [6, 6.07) is 18.3. The molecule has 0 saturated heterocycles. The fraction of sp³-hybridized carbons (Fsp3) is 0.412. The van der Waals surface area contributed by atoms with Gasteiger partial charge < -0.3 is 18.9 Å². The number of benzene rings is 3. The van der Waals surface area contributed by atoms with Crippen LogP contribution in [0.4, 0.5) is 0 Å². The molecule has 0 spiro atoms. The Morgan fingerprint density at radius 1 is 0.550 bits per heavy atom. The van der Waals surface area contributed by atoms with Crippen LogP contribution in [0.1, 0.15) is 85.9 Å². The summed E-state index contributed by atoms with van der Waals surface area (Å²) in [5.74, 6) is 0.271. The minimum Gasteiger partial charge on any atom is -0.496 e. The highest BCUT2D eigenvalue weighted by Crippen LogP contribution is 2.40. The van der Waals surface area contributed by atoms with E-state index in [1.807, 2.05) is 48.5 Å². The monoisotopic (exact) mass is 546 g/mol. The smallest absolute Gasteiger partial charge is 0.338 e. The third-order valence-electron chi connectivity index (χ3n) is 6.85. The Hall–Kier alpha value is -3.80. The minimum absolute atomic E-state index is 0.329. The molecule has 0 radical (unpaired) electrons. The second-order valence-corrected chi connectivity index (χ2v) is 9.74. The summed E-state index contributed by atoms with van der Waals surface area (Å²) >= 11 is 0. The summed E-state index contributed by atoms with van der Waals surface area (Å²) in [7, 11) is 3.17. The van der Waals surface area contributed by atoms with Gasteiger partial charge in [-0.2, -0.15) is 0 Å².